The SMILES string of the molecule is O=C1c2cnncc2[C@]2(c3ccc(Cl)cc3)NCCN12. The van der Waals surface area contributed by atoms with Gasteiger partial charge in [0.1, 0.15) is 5.66 Å². The van der Waals surface area contributed by atoms with E-state index in [2.05, 4.69) is 15.5 Å². The average Bonchev–Trinajstić information content (AvgIpc) is 3.01. The molecule has 2 aliphatic heterocycles. The fraction of sp³-hybridized carbons (Fsp3) is 0.214. The number of hydrogen-bond acceptors (Lipinski definition) is 4. The molecular formula is C14H11ClN4O. The molecule has 1 aromatic heterocycles. The van der Waals surface area contributed by atoms with Crippen LogP contribution in [0.25, 0.3) is 0 Å². The fourth-order valence-electron chi connectivity index (χ4n) is 3.14. The van der Waals surface area contributed by atoms with E-state index in [-0.39, 0.29) is 5.91 Å². The van der Waals surface area contributed by atoms with Crippen LogP contribution in [0.2, 0.25) is 5.02 Å². The van der Waals surface area contributed by atoms with E-state index in [1.54, 1.807) is 6.20 Å². The van der Waals surface area contributed by atoms with Gasteiger partial charge in [-0.25, -0.2) is 0 Å². The van der Waals surface area contributed by atoms with Crippen LogP contribution in [-0.2, 0) is 5.66 Å². The Morgan fingerprint density at radius 2 is 1.95 bits per heavy atom. The van der Waals surface area contributed by atoms with Gasteiger partial charge < -0.3 is 4.90 Å². The molecule has 1 atom stereocenters. The minimum Gasteiger partial charge on any atom is -0.311 e. The van der Waals surface area contributed by atoms with Crippen LogP contribution in [-0.4, -0.2) is 34.1 Å². The Kier molecular flexibility index (Phi) is 2.37. The van der Waals surface area contributed by atoms with Crippen molar-refractivity contribution in [1.82, 2.24) is 20.4 Å². The molecule has 1 amide bonds. The van der Waals surface area contributed by atoms with E-state index in [1.807, 2.05) is 29.2 Å². The summed E-state index contributed by atoms with van der Waals surface area (Å²) in [6, 6.07) is 7.55. The summed E-state index contributed by atoms with van der Waals surface area (Å²) in [4.78, 5) is 14.4. The summed E-state index contributed by atoms with van der Waals surface area (Å²) in [5.74, 6) is -0.00477. The second kappa shape index (κ2) is 4.01. The highest BCUT2D eigenvalue weighted by molar-refractivity contribution is 6.30. The average molecular weight is 287 g/mol. The van der Waals surface area contributed by atoms with Crippen LogP contribution >= 0.6 is 11.6 Å². The van der Waals surface area contributed by atoms with Crippen molar-refractivity contribution in [2.45, 2.75) is 5.66 Å². The minimum atomic E-state index is -0.632. The largest absolute Gasteiger partial charge is 0.311 e. The van der Waals surface area contributed by atoms with Crippen molar-refractivity contribution in [1.29, 1.82) is 0 Å². The maximum absolute atomic E-state index is 12.5. The van der Waals surface area contributed by atoms with Crippen LogP contribution in [0, 0.1) is 0 Å². The number of nitrogens with one attached hydrogen (secondary N) is 1. The normalized spacial score (nSPS) is 23.9. The predicted octanol–water partition coefficient (Wildman–Crippen LogP) is 1.39. The Bertz CT molecular complexity index is 703. The molecule has 0 saturated carbocycles. The molecule has 1 fully saturated rings. The molecule has 4 rings (SSSR count). The number of amides is 1. The highest BCUT2D eigenvalue weighted by atomic mass is 35.5. The van der Waals surface area contributed by atoms with E-state index >= 15 is 0 Å². The summed E-state index contributed by atoms with van der Waals surface area (Å²) in [6.45, 7) is 1.41. The first-order chi connectivity index (χ1) is 9.73. The van der Waals surface area contributed by atoms with Gasteiger partial charge in [0.2, 0.25) is 0 Å². The molecule has 0 bridgehead atoms. The number of halogens is 1. The fourth-order valence-corrected chi connectivity index (χ4v) is 3.26. The Hall–Kier alpha value is -1.98. The zero-order valence-electron chi connectivity index (χ0n) is 10.5. The zero-order chi connectivity index (χ0) is 13.7. The van der Waals surface area contributed by atoms with Crippen LogP contribution in [0.1, 0.15) is 21.5 Å². The Balaban J connectivity index is 1.99. The summed E-state index contributed by atoms with van der Waals surface area (Å²) in [7, 11) is 0. The lowest BCUT2D eigenvalue weighted by Gasteiger charge is -2.33. The third-order valence-corrected chi connectivity index (χ3v) is 4.23. The van der Waals surface area contributed by atoms with Gasteiger partial charge in [0.25, 0.3) is 5.91 Å². The second-order valence-corrected chi connectivity index (χ2v) is 5.35. The number of fused-ring (bicyclic) bond motifs is 3. The third-order valence-electron chi connectivity index (χ3n) is 3.98. The second-order valence-electron chi connectivity index (χ2n) is 4.92. The van der Waals surface area contributed by atoms with Crippen molar-refractivity contribution in [3.8, 4) is 0 Å². The van der Waals surface area contributed by atoms with Gasteiger partial charge in [-0.1, -0.05) is 23.7 Å². The first-order valence-electron chi connectivity index (χ1n) is 6.38. The molecule has 6 heteroatoms. The number of carbonyl (C=O) groups is 1. The molecule has 2 aliphatic rings. The number of benzene rings is 1. The summed E-state index contributed by atoms with van der Waals surface area (Å²) in [5, 5.41) is 11.9. The molecule has 1 N–H and O–H groups in total. The third kappa shape index (κ3) is 1.34. The Morgan fingerprint density at radius 1 is 1.20 bits per heavy atom. The van der Waals surface area contributed by atoms with E-state index < -0.39 is 5.66 Å². The van der Waals surface area contributed by atoms with E-state index in [1.165, 1.54) is 6.20 Å². The van der Waals surface area contributed by atoms with Gasteiger partial charge in [0.05, 0.1) is 18.0 Å². The zero-order valence-corrected chi connectivity index (χ0v) is 11.3. The van der Waals surface area contributed by atoms with Gasteiger partial charge >= 0.3 is 0 Å². The molecular weight excluding hydrogens is 276 g/mol. The minimum absolute atomic E-state index is 0.00477. The highest BCUT2D eigenvalue weighted by Crippen LogP contribution is 2.43. The first-order valence-corrected chi connectivity index (χ1v) is 6.75. The maximum atomic E-state index is 12.5. The van der Waals surface area contributed by atoms with Crippen molar-refractivity contribution in [3.63, 3.8) is 0 Å². The summed E-state index contributed by atoms with van der Waals surface area (Å²) in [5.41, 5.74) is 1.83. The van der Waals surface area contributed by atoms with Crippen LogP contribution < -0.4 is 5.32 Å². The van der Waals surface area contributed by atoms with Gasteiger partial charge in [0.15, 0.2) is 0 Å². The molecule has 1 saturated heterocycles. The predicted molar refractivity (Wildman–Crippen MR) is 73.3 cm³/mol. The Morgan fingerprint density at radius 3 is 2.75 bits per heavy atom. The standard InChI is InChI=1S/C14H11ClN4O/c15-10-3-1-9(2-4-10)14-12-8-18-17-7-11(12)13(20)19(14)6-5-16-14/h1-4,7-8,16H,5-6H2/t14-/m1/s1. The lowest BCUT2D eigenvalue weighted by Crippen LogP contribution is -2.46. The summed E-state index contributed by atoms with van der Waals surface area (Å²) < 4.78 is 0. The molecule has 0 aliphatic carbocycles. The van der Waals surface area contributed by atoms with Crippen molar-refractivity contribution >= 4 is 17.5 Å². The van der Waals surface area contributed by atoms with Gasteiger partial charge in [-0.3, -0.25) is 10.1 Å². The molecule has 100 valence electrons. The van der Waals surface area contributed by atoms with Crippen molar-refractivity contribution in [2.24, 2.45) is 0 Å². The summed E-state index contributed by atoms with van der Waals surface area (Å²) >= 11 is 5.96. The Labute approximate surface area is 120 Å². The van der Waals surface area contributed by atoms with E-state index in [0.717, 1.165) is 17.7 Å². The smallest absolute Gasteiger partial charge is 0.258 e. The van der Waals surface area contributed by atoms with Crippen LogP contribution in [0.5, 0.6) is 0 Å². The molecule has 5 nitrogen and oxygen atoms in total. The number of nitrogens with zero attached hydrogens (tertiary/aromatic N) is 3. The number of hydrogen-bond donors (Lipinski definition) is 1. The van der Waals surface area contributed by atoms with Gasteiger partial charge in [0, 0.05) is 23.7 Å². The lowest BCUT2D eigenvalue weighted by molar-refractivity contribution is 0.0694. The maximum Gasteiger partial charge on any atom is 0.258 e. The number of aromatic nitrogens is 2. The van der Waals surface area contributed by atoms with E-state index in [0.29, 0.717) is 17.1 Å². The van der Waals surface area contributed by atoms with Crippen molar-refractivity contribution in [3.05, 3.63) is 58.4 Å². The van der Waals surface area contributed by atoms with Crippen LogP contribution in [0.3, 0.4) is 0 Å². The molecule has 3 heterocycles. The molecule has 1 aromatic carbocycles. The van der Waals surface area contributed by atoms with Crippen LogP contribution in [0.4, 0.5) is 0 Å². The molecule has 0 unspecified atom stereocenters. The number of carbonyl (C=O) groups excluding carboxylic acids is 1. The first kappa shape index (κ1) is 11.8. The van der Waals surface area contributed by atoms with Gasteiger partial charge in [-0.05, 0) is 17.7 Å². The molecule has 0 spiro atoms. The van der Waals surface area contributed by atoms with Crippen molar-refractivity contribution < 1.29 is 4.79 Å². The van der Waals surface area contributed by atoms with Gasteiger partial charge in [-0.15, -0.1) is 0 Å². The lowest BCUT2D eigenvalue weighted by atomic mass is 9.93. The molecule has 20 heavy (non-hydrogen) atoms. The van der Waals surface area contributed by atoms with Crippen LogP contribution in [0.15, 0.2) is 36.7 Å². The molecule has 2 aromatic rings. The quantitative estimate of drug-likeness (QED) is 0.861. The highest BCUT2D eigenvalue weighted by Gasteiger charge is 2.53. The van der Waals surface area contributed by atoms with Gasteiger partial charge in [-0.2, -0.15) is 10.2 Å². The topological polar surface area (TPSA) is 58.1 Å². The summed E-state index contributed by atoms with van der Waals surface area (Å²) in [6.07, 6.45) is 3.20. The monoisotopic (exact) mass is 286 g/mol. The van der Waals surface area contributed by atoms with Crippen molar-refractivity contribution in [2.75, 3.05) is 13.1 Å². The van der Waals surface area contributed by atoms with E-state index in [9.17, 15) is 4.79 Å². The number of rotatable bonds is 1. The molecule has 0 radical (unpaired) electrons. The van der Waals surface area contributed by atoms with E-state index in [4.69, 9.17) is 11.6 Å².